The number of benzene rings is 1. The lowest BCUT2D eigenvalue weighted by Gasteiger charge is -2.17. The maximum Gasteiger partial charge on any atom is 0.127 e. The zero-order valence-electron chi connectivity index (χ0n) is 21.2. The molecule has 1 aromatic carbocycles. The van der Waals surface area contributed by atoms with E-state index in [-0.39, 0.29) is 5.82 Å². The summed E-state index contributed by atoms with van der Waals surface area (Å²) in [7, 11) is 0. The number of nitrogens with one attached hydrogen (secondary N) is 3. The molecule has 0 aliphatic carbocycles. The minimum absolute atomic E-state index is 0.343. The highest BCUT2D eigenvalue weighted by molar-refractivity contribution is 6.15. The van der Waals surface area contributed by atoms with Crippen LogP contribution in [0, 0.1) is 5.82 Å². The van der Waals surface area contributed by atoms with E-state index in [2.05, 4.69) is 46.6 Å². The van der Waals surface area contributed by atoms with E-state index in [1.165, 1.54) is 25.0 Å². The Morgan fingerprint density at radius 3 is 2.72 bits per heavy atom. The van der Waals surface area contributed by atoms with Gasteiger partial charge in [-0.2, -0.15) is 10.2 Å². The van der Waals surface area contributed by atoms with Crippen molar-refractivity contribution in [1.82, 2.24) is 35.5 Å². The maximum atomic E-state index is 14.7. The summed E-state index contributed by atoms with van der Waals surface area (Å²) in [5.41, 5.74) is 10.8. The van der Waals surface area contributed by atoms with E-state index in [4.69, 9.17) is 4.74 Å². The van der Waals surface area contributed by atoms with Gasteiger partial charge >= 0.3 is 0 Å². The first-order valence-electron chi connectivity index (χ1n) is 13.1. The van der Waals surface area contributed by atoms with Crippen LogP contribution < -0.4 is 10.2 Å². The fourth-order valence-corrected chi connectivity index (χ4v) is 5.37. The van der Waals surface area contributed by atoms with Gasteiger partial charge in [0.1, 0.15) is 23.9 Å². The number of pyridine rings is 2. The molecule has 0 unspecified atom stereocenters. The second-order valence-corrected chi connectivity index (χ2v) is 9.90. The van der Waals surface area contributed by atoms with E-state index < -0.39 is 0 Å². The molecule has 9 nitrogen and oxygen atoms in total. The van der Waals surface area contributed by atoms with E-state index >= 15 is 0 Å². The number of likely N-dealkylation sites (tertiary alicyclic amines) is 1. The van der Waals surface area contributed by atoms with Gasteiger partial charge in [0.15, 0.2) is 0 Å². The van der Waals surface area contributed by atoms with Gasteiger partial charge in [0.25, 0.3) is 0 Å². The van der Waals surface area contributed by atoms with Crippen LogP contribution in [0.25, 0.3) is 33.2 Å². The molecule has 7 rings (SSSR count). The molecule has 10 heteroatoms. The standard InChI is InChI=1S/C29H27FN8O/c30-21-7-18(8-22(10-21)39-6-5-38-3-1-2-4-38)25-15-31-16-28-23(25)11-26(36-28)29-24-9-19(20-13-33-34-14-20)12-32-27(24)17-35-37-29/h7-16,35-36H,1-6,17H2,(H,33,34). The zero-order valence-corrected chi connectivity index (χ0v) is 21.2. The monoisotopic (exact) mass is 522 g/mol. The molecule has 0 atom stereocenters. The summed E-state index contributed by atoms with van der Waals surface area (Å²) in [5, 5.41) is 12.4. The second kappa shape index (κ2) is 9.95. The molecule has 3 N–H and O–H groups in total. The number of aromatic nitrogens is 5. The number of rotatable bonds is 7. The Morgan fingerprint density at radius 1 is 0.923 bits per heavy atom. The average Bonchev–Trinajstić information content (AvgIpc) is 3.74. The van der Waals surface area contributed by atoms with Crippen LogP contribution in [-0.4, -0.2) is 62.0 Å². The molecular formula is C29H27FN8O. The van der Waals surface area contributed by atoms with E-state index in [0.29, 0.717) is 24.5 Å². The van der Waals surface area contributed by atoms with Crippen molar-refractivity contribution in [2.45, 2.75) is 19.4 Å². The second-order valence-electron chi connectivity index (χ2n) is 9.90. The summed E-state index contributed by atoms with van der Waals surface area (Å²) in [5.74, 6) is 0.175. The van der Waals surface area contributed by atoms with Gasteiger partial charge in [0.2, 0.25) is 0 Å². The zero-order chi connectivity index (χ0) is 26.2. The number of ether oxygens (including phenoxy) is 1. The highest BCUT2D eigenvalue weighted by atomic mass is 19.1. The molecule has 39 heavy (non-hydrogen) atoms. The molecule has 1 fully saturated rings. The summed E-state index contributed by atoms with van der Waals surface area (Å²) < 4.78 is 20.7. The molecule has 196 valence electrons. The maximum absolute atomic E-state index is 14.7. The van der Waals surface area contributed by atoms with Crippen LogP contribution in [0.3, 0.4) is 0 Å². The predicted octanol–water partition coefficient (Wildman–Crippen LogP) is 4.48. The SMILES string of the molecule is Fc1cc(OCCN2CCCC2)cc(-c2cncc3[nH]c(C4=NNCc5ncc(-c6cn[nH]c6)cc54)cc23)c1. The third-order valence-electron chi connectivity index (χ3n) is 7.35. The number of nitrogens with zero attached hydrogens (tertiary/aromatic N) is 5. The number of hydrazone groups is 1. The van der Waals surface area contributed by atoms with Gasteiger partial charge in [-0.25, -0.2) is 4.39 Å². The number of fused-ring (bicyclic) bond motifs is 2. The average molecular weight is 523 g/mol. The smallest absolute Gasteiger partial charge is 0.127 e. The first-order valence-corrected chi connectivity index (χ1v) is 13.1. The van der Waals surface area contributed by atoms with Gasteiger partial charge in [-0.1, -0.05) is 0 Å². The molecule has 5 aromatic rings. The summed E-state index contributed by atoms with van der Waals surface area (Å²) in [6.45, 7) is 4.13. The first-order chi connectivity index (χ1) is 19.2. The number of H-pyrrole nitrogens is 2. The van der Waals surface area contributed by atoms with Crippen LogP contribution in [0.4, 0.5) is 4.39 Å². The molecule has 0 amide bonds. The summed E-state index contributed by atoms with van der Waals surface area (Å²) in [4.78, 5) is 14.9. The number of hydrogen-bond donors (Lipinski definition) is 3. The fourth-order valence-electron chi connectivity index (χ4n) is 5.37. The van der Waals surface area contributed by atoms with Crippen molar-refractivity contribution in [3.05, 3.63) is 84.1 Å². The Hall–Kier alpha value is -4.57. The van der Waals surface area contributed by atoms with Crippen molar-refractivity contribution in [1.29, 1.82) is 0 Å². The van der Waals surface area contributed by atoms with Crippen LogP contribution in [0.5, 0.6) is 5.75 Å². The van der Waals surface area contributed by atoms with Crippen LogP contribution in [0.15, 0.2) is 66.4 Å². The molecule has 4 aromatic heterocycles. The van der Waals surface area contributed by atoms with Crippen molar-refractivity contribution in [2.24, 2.45) is 5.10 Å². The molecule has 2 aliphatic rings. The van der Waals surface area contributed by atoms with Crippen molar-refractivity contribution < 1.29 is 9.13 Å². The lowest BCUT2D eigenvalue weighted by atomic mass is 9.99. The van der Waals surface area contributed by atoms with E-state index in [1.807, 2.05) is 24.5 Å². The third-order valence-corrected chi connectivity index (χ3v) is 7.35. The number of halogens is 1. The Labute approximate surface area is 224 Å². The van der Waals surface area contributed by atoms with E-state index in [1.54, 1.807) is 18.6 Å². The topological polar surface area (TPSA) is 107 Å². The minimum atomic E-state index is -0.343. The van der Waals surface area contributed by atoms with Crippen LogP contribution >= 0.6 is 0 Å². The number of hydrogen-bond acceptors (Lipinski definition) is 7. The quantitative estimate of drug-likeness (QED) is 0.291. The van der Waals surface area contributed by atoms with Crippen molar-refractivity contribution in [3.8, 4) is 28.0 Å². The Kier molecular flexibility index (Phi) is 6.01. The number of aromatic amines is 2. The van der Waals surface area contributed by atoms with Gasteiger partial charge < -0.3 is 15.1 Å². The molecule has 0 bridgehead atoms. The van der Waals surface area contributed by atoms with Crippen LogP contribution in [0.2, 0.25) is 0 Å². The largest absolute Gasteiger partial charge is 0.492 e. The van der Waals surface area contributed by atoms with Crippen molar-refractivity contribution in [3.63, 3.8) is 0 Å². The Bertz CT molecular complexity index is 1670. The molecule has 2 aliphatic heterocycles. The molecule has 0 saturated carbocycles. The summed E-state index contributed by atoms with van der Waals surface area (Å²) in [6, 6.07) is 8.95. The van der Waals surface area contributed by atoms with E-state index in [9.17, 15) is 4.39 Å². The lowest BCUT2D eigenvalue weighted by molar-refractivity contribution is 0.237. The fraction of sp³-hybridized carbons (Fsp3) is 0.241. The van der Waals surface area contributed by atoms with Crippen molar-refractivity contribution in [2.75, 3.05) is 26.2 Å². The van der Waals surface area contributed by atoms with Gasteiger partial charge in [0.05, 0.1) is 35.8 Å². The van der Waals surface area contributed by atoms with Crippen LogP contribution in [-0.2, 0) is 6.54 Å². The van der Waals surface area contributed by atoms with Gasteiger partial charge in [-0.3, -0.25) is 20.0 Å². The van der Waals surface area contributed by atoms with Gasteiger partial charge in [-0.15, -0.1) is 0 Å². The highest BCUT2D eigenvalue weighted by Gasteiger charge is 2.21. The molecule has 0 spiro atoms. The third kappa shape index (κ3) is 4.63. The molecule has 0 radical (unpaired) electrons. The predicted molar refractivity (Wildman–Crippen MR) is 147 cm³/mol. The van der Waals surface area contributed by atoms with Crippen LogP contribution in [0.1, 0.15) is 29.8 Å². The summed E-state index contributed by atoms with van der Waals surface area (Å²) in [6.07, 6.45) is 11.4. The van der Waals surface area contributed by atoms with E-state index in [0.717, 1.165) is 69.9 Å². The molecule has 1 saturated heterocycles. The van der Waals surface area contributed by atoms with Gasteiger partial charge in [-0.05, 0) is 55.8 Å². The minimum Gasteiger partial charge on any atom is -0.492 e. The Morgan fingerprint density at radius 2 is 1.85 bits per heavy atom. The first kappa shape index (κ1) is 23.5. The highest BCUT2D eigenvalue weighted by Crippen LogP contribution is 2.33. The Balaban J connectivity index is 1.22. The van der Waals surface area contributed by atoms with Gasteiger partial charge in [0, 0.05) is 58.8 Å². The van der Waals surface area contributed by atoms with Crippen molar-refractivity contribution >= 4 is 16.6 Å². The lowest BCUT2D eigenvalue weighted by Crippen LogP contribution is -2.25. The summed E-state index contributed by atoms with van der Waals surface area (Å²) >= 11 is 0. The normalized spacial score (nSPS) is 15.3. The molecule has 6 heterocycles. The molecular weight excluding hydrogens is 495 g/mol.